The Morgan fingerprint density at radius 1 is 1.28 bits per heavy atom. The molecule has 3 N–H and O–H groups in total. The van der Waals surface area contributed by atoms with Gasteiger partial charge in [0.15, 0.2) is 5.69 Å². The Morgan fingerprint density at radius 2 is 2.12 bits per heavy atom. The molecule has 0 atom stereocenters. The first kappa shape index (κ1) is 21.0. The van der Waals surface area contributed by atoms with Crippen molar-refractivity contribution in [3.63, 3.8) is 0 Å². The van der Waals surface area contributed by atoms with Crippen molar-refractivity contribution < 1.29 is 14.2 Å². The highest BCUT2D eigenvalue weighted by atomic mass is 35.5. The second kappa shape index (κ2) is 9.27. The van der Waals surface area contributed by atoms with Crippen LogP contribution in [0.15, 0.2) is 58.3 Å². The maximum absolute atomic E-state index is 12.9. The van der Waals surface area contributed by atoms with E-state index in [0.29, 0.717) is 34.2 Å². The van der Waals surface area contributed by atoms with Gasteiger partial charge in [-0.1, -0.05) is 41.1 Å². The molecule has 0 bridgehead atoms. The lowest BCUT2D eigenvalue weighted by Crippen LogP contribution is -2.19. The second-order valence-electron chi connectivity index (χ2n) is 6.39. The molecular weight excluding hydrogens is 436 g/mol. The summed E-state index contributed by atoms with van der Waals surface area (Å²) in [5.74, 6) is 0.0922. The molecule has 162 valence electrons. The van der Waals surface area contributed by atoms with Crippen molar-refractivity contribution in [2.75, 3.05) is 12.3 Å². The third kappa shape index (κ3) is 4.42. The summed E-state index contributed by atoms with van der Waals surface area (Å²) >= 11 is 5.96. The molecule has 11 nitrogen and oxygen atoms in total. The molecule has 2 heterocycles. The molecule has 0 fully saturated rings. The molecule has 4 rings (SSSR count). The van der Waals surface area contributed by atoms with Gasteiger partial charge >= 0.3 is 0 Å². The number of benzene rings is 2. The Morgan fingerprint density at radius 3 is 2.88 bits per heavy atom. The summed E-state index contributed by atoms with van der Waals surface area (Å²) in [5, 5.41) is 19.9. The molecule has 2 aromatic carbocycles. The van der Waals surface area contributed by atoms with Crippen molar-refractivity contribution in [2.24, 2.45) is 5.10 Å². The van der Waals surface area contributed by atoms with Crippen molar-refractivity contribution in [3.8, 4) is 22.8 Å². The minimum absolute atomic E-state index is 0.00991. The standard InChI is InChI=1S/C20H17ClN8O3/c1-2-31-15-8-4-6-13(10-15)17-16(24-28-29(17)19-18(22)26-32-27-19)20(30)25-23-11-12-5-3-7-14(21)9-12/h3-11H,2H2,1H3,(H2,22,26)(H,25,30). The summed E-state index contributed by atoms with van der Waals surface area (Å²) in [6, 6.07) is 14.1. The summed E-state index contributed by atoms with van der Waals surface area (Å²) in [6.07, 6.45) is 1.46. The normalized spacial score (nSPS) is 11.1. The van der Waals surface area contributed by atoms with Crippen molar-refractivity contribution in [2.45, 2.75) is 6.92 Å². The number of nitrogens with two attached hydrogens (primary N) is 1. The Hall–Kier alpha value is -4.25. The highest BCUT2D eigenvalue weighted by Gasteiger charge is 2.25. The van der Waals surface area contributed by atoms with Gasteiger partial charge < -0.3 is 10.5 Å². The smallest absolute Gasteiger partial charge is 0.294 e. The molecule has 0 saturated carbocycles. The highest BCUT2D eigenvalue weighted by molar-refractivity contribution is 6.30. The summed E-state index contributed by atoms with van der Waals surface area (Å²) in [6.45, 7) is 2.35. The number of anilines is 1. The summed E-state index contributed by atoms with van der Waals surface area (Å²) < 4.78 is 11.5. The Bertz CT molecular complexity index is 1280. The molecule has 0 radical (unpaired) electrons. The number of halogens is 1. The third-order valence-electron chi connectivity index (χ3n) is 4.23. The minimum Gasteiger partial charge on any atom is -0.494 e. The average Bonchev–Trinajstić information content (AvgIpc) is 3.40. The fourth-order valence-electron chi connectivity index (χ4n) is 2.89. The number of rotatable bonds is 7. The Kier molecular flexibility index (Phi) is 6.08. The average molecular weight is 453 g/mol. The summed E-state index contributed by atoms with van der Waals surface area (Å²) in [7, 11) is 0. The van der Waals surface area contributed by atoms with E-state index in [2.05, 4.69) is 35.8 Å². The van der Waals surface area contributed by atoms with Gasteiger partial charge in [-0.25, -0.2) is 10.1 Å². The van der Waals surface area contributed by atoms with Crippen molar-refractivity contribution in [3.05, 3.63) is 64.8 Å². The van der Waals surface area contributed by atoms with Gasteiger partial charge in [-0.15, -0.1) is 5.10 Å². The maximum atomic E-state index is 12.9. The van der Waals surface area contributed by atoms with E-state index in [1.807, 2.05) is 6.92 Å². The Labute approximate surface area is 186 Å². The molecule has 12 heteroatoms. The number of hydrogen-bond donors (Lipinski definition) is 2. The van der Waals surface area contributed by atoms with Crippen LogP contribution in [0.5, 0.6) is 5.75 Å². The number of nitrogen functional groups attached to an aromatic ring is 1. The number of aromatic nitrogens is 5. The van der Waals surface area contributed by atoms with Crippen LogP contribution >= 0.6 is 11.6 Å². The molecular formula is C20H17ClN8O3. The molecule has 32 heavy (non-hydrogen) atoms. The highest BCUT2D eigenvalue weighted by Crippen LogP contribution is 2.29. The van der Waals surface area contributed by atoms with Crippen LogP contribution in [0, 0.1) is 0 Å². The van der Waals surface area contributed by atoms with Gasteiger partial charge in [0.2, 0.25) is 11.6 Å². The molecule has 0 aliphatic heterocycles. The fourth-order valence-corrected chi connectivity index (χ4v) is 3.08. The number of carbonyl (C=O) groups excluding carboxylic acids is 1. The Balaban J connectivity index is 1.70. The topological polar surface area (TPSA) is 146 Å². The predicted octanol–water partition coefficient (Wildman–Crippen LogP) is 2.72. The number of amides is 1. The zero-order chi connectivity index (χ0) is 22.5. The van der Waals surface area contributed by atoms with Crippen LogP contribution in [0.1, 0.15) is 23.0 Å². The molecule has 2 aromatic heterocycles. The van der Waals surface area contributed by atoms with E-state index in [0.717, 1.165) is 0 Å². The van der Waals surface area contributed by atoms with Crippen LogP contribution < -0.4 is 15.9 Å². The first-order valence-corrected chi connectivity index (χ1v) is 9.81. The fraction of sp³-hybridized carbons (Fsp3) is 0.100. The predicted molar refractivity (Wildman–Crippen MR) is 117 cm³/mol. The molecule has 1 amide bonds. The largest absolute Gasteiger partial charge is 0.494 e. The van der Waals surface area contributed by atoms with Crippen LogP contribution in [0.25, 0.3) is 17.1 Å². The molecule has 4 aromatic rings. The summed E-state index contributed by atoms with van der Waals surface area (Å²) in [4.78, 5) is 12.9. The first-order valence-electron chi connectivity index (χ1n) is 9.43. The van der Waals surface area contributed by atoms with E-state index >= 15 is 0 Å². The van der Waals surface area contributed by atoms with E-state index in [4.69, 9.17) is 22.1 Å². The van der Waals surface area contributed by atoms with Crippen molar-refractivity contribution >= 4 is 29.5 Å². The van der Waals surface area contributed by atoms with Gasteiger partial charge in [-0.2, -0.15) is 9.78 Å². The minimum atomic E-state index is -0.596. The van der Waals surface area contributed by atoms with Gasteiger partial charge in [0.25, 0.3) is 5.91 Å². The lowest BCUT2D eigenvalue weighted by molar-refractivity contribution is 0.0950. The summed E-state index contributed by atoms with van der Waals surface area (Å²) in [5.41, 5.74) is 9.87. The van der Waals surface area contributed by atoms with Gasteiger partial charge in [0.1, 0.15) is 11.4 Å². The third-order valence-corrected chi connectivity index (χ3v) is 4.46. The van der Waals surface area contributed by atoms with E-state index < -0.39 is 5.91 Å². The molecule has 0 unspecified atom stereocenters. The zero-order valence-corrected chi connectivity index (χ0v) is 17.5. The molecule has 0 spiro atoms. The number of nitrogens with zero attached hydrogens (tertiary/aromatic N) is 6. The second-order valence-corrected chi connectivity index (χ2v) is 6.82. The van der Waals surface area contributed by atoms with E-state index in [9.17, 15) is 4.79 Å². The van der Waals surface area contributed by atoms with Crippen LogP contribution in [-0.2, 0) is 0 Å². The number of hydrogen-bond acceptors (Lipinski definition) is 9. The molecule has 0 saturated heterocycles. The zero-order valence-electron chi connectivity index (χ0n) is 16.8. The lowest BCUT2D eigenvalue weighted by Gasteiger charge is -2.08. The van der Waals surface area contributed by atoms with E-state index in [-0.39, 0.29) is 17.3 Å². The van der Waals surface area contributed by atoms with E-state index in [1.54, 1.807) is 48.5 Å². The monoisotopic (exact) mass is 452 g/mol. The quantitative estimate of drug-likeness (QED) is 0.321. The lowest BCUT2D eigenvalue weighted by atomic mass is 10.1. The molecule has 0 aliphatic rings. The van der Waals surface area contributed by atoms with Gasteiger partial charge in [-0.3, -0.25) is 4.79 Å². The van der Waals surface area contributed by atoms with Gasteiger partial charge in [-0.05, 0) is 47.1 Å². The number of carbonyl (C=O) groups is 1. The molecule has 0 aliphatic carbocycles. The number of hydrazone groups is 1. The van der Waals surface area contributed by atoms with Crippen LogP contribution in [0.3, 0.4) is 0 Å². The SMILES string of the molecule is CCOc1cccc(-c2c(C(=O)NN=Cc3cccc(Cl)c3)nnn2-c2nonc2N)c1. The number of ether oxygens (including phenoxy) is 1. The van der Waals surface area contributed by atoms with Crippen LogP contribution in [-0.4, -0.2) is 44.0 Å². The van der Waals surface area contributed by atoms with Gasteiger partial charge in [0.05, 0.1) is 12.8 Å². The van der Waals surface area contributed by atoms with E-state index in [1.165, 1.54) is 10.9 Å². The van der Waals surface area contributed by atoms with Gasteiger partial charge in [0, 0.05) is 10.6 Å². The van der Waals surface area contributed by atoms with Crippen LogP contribution in [0.2, 0.25) is 5.02 Å². The van der Waals surface area contributed by atoms with Crippen LogP contribution in [0.4, 0.5) is 5.82 Å². The number of nitrogens with one attached hydrogen (secondary N) is 1. The van der Waals surface area contributed by atoms with Crippen molar-refractivity contribution in [1.82, 2.24) is 30.7 Å². The van der Waals surface area contributed by atoms with Crippen molar-refractivity contribution in [1.29, 1.82) is 0 Å². The first-order chi connectivity index (χ1) is 15.6. The maximum Gasteiger partial charge on any atom is 0.294 e.